The number of nitrogens with zero attached hydrogens (tertiary/aromatic N) is 4. The minimum Gasteiger partial charge on any atom is -0.453 e. The van der Waals surface area contributed by atoms with Crippen LogP contribution in [0.25, 0.3) is 22.4 Å². The van der Waals surface area contributed by atoms with Gasteiger partial charge in [0.25, 0.3) is 0 Å². The highest BCUT2D eigenvalue weighted by Gasteiger charge is 2.38. The quantitative estimate of drug-likeness (QED) is 0.173. The lowest BCUT2D eigenvalue weighted by Crippen LogP contribution is -2.25. The molecule has 284 valence electrons. The van der Waals surface area contributed by atoms with Crippen LogP contribution in [0.1, 0.15) is 0 Å². The van der Waals surface area contributed by atoms with Crippen molar-refractivity contribution in [2.24, 2.45) is 0 Å². The number of aromatic nitrogens is 1. The van der Waals surface area contributed by atoms with Crippen molar-refractivity contribution in [3.05, 3.63) is 206 Å². The highest BCUT2D eigenvalue weighted by atomic mass is 16.5. The Hall–Kier alpha value is -8.29. The fraction of sp³-hybridized carbons (Fsp3) is 0. The lowest BCUT2D eigenvalue weighted by Gasteiger charge is -2.42. The summed E-state index contributed by atoms with van der Waals surface area (Å²) in [6.07, 6.45) is 1.83. The first-order chi connectivity index (χ1) is 29.8. The maximum Gasteiger partial charge on any atom is 0.151 e. The summed E-state index contributed by atoms with van der Waals surface area (Å²) >= 11 is 0. The summed E-state index contributed by atoms with van der Waals surface area (Å²) in [5.41, 5.74) is 12.4. The topological polar surface area (TPSA) is 50.3 Å². The number of hydrogen-bond donors (Lipinski definition) is 0. The van der Waals surface area contributed by atoms with Gasteiger partial charge in [-0.3, -0.25) is 9.88 Å². The zero-order chi connectivity index (χ0) is 39.6. The summed E-state index contributed by atoms with van der Waals surface area (Å²) in [5, 5.41) is 0. The van der Waals surface area contributed by atoms with Crippen molar-refractivity contribution in [1.29, 1.82) is 0 Å². The average Bonchev–Trinajstić information content (AvgIpc) is 3.32. The highest BCUT2D eigenvalue weighted by Crippen LogP contribution is 2.62. The minimum absolute atomic E-state index is 0.757. The van der Waals surface area contributed by atoms with Crippen LogP contribution >= 0.6 is 0 Å². The third kappa shape index (κ3) is 5.41. The van der Waals surface area contributed by atoms with E-state index in [2.05, 4.69) is 129 Å². The monoisotopic (exact) mass is 774 g/mol. The Bertz CT molecular complexity index is 2860. The largest absolute Gasteiger partial charge is 0.453 e. The van der Waals surface area contributed by atoms with Crippen molar-refractivity contribution in [2.75, 3.05) is 14.7 Å². The van der Waals surface area contributed by atoms with Gasteiger partial charge in [0.1, 0.15) is 0 Å². The van der Waals surface area contributed by atoms with Crippen LogP contribution in [-0.2, 0) is 0 Å². The highest BCUT2D eigenvalue weighted by molar-refractivity contribution is 6.07. The summed E-state index contributed by atoms with van der Waals surface area (Å²) in [7, 11) is 0. The molecule has 0 amide bonds. The Morgan fingerprint density at radius 1 is 0.283 bits per heavy atom. The molecule has 60 heavy (non-hydrogen) atoms. The Morgan fingerprint density at radius 3 is 0.983 bits per heavy atom. The summed E-state index contributed by atoms with van der Waals surface area (Å²) in [4.78, 5) is 11.7. The van der Waals surface area contributed by atoms with E-state index in [1.165, 1.54) is 0 Å². The summed E-state index contributed by atoms with van der Waals surface area (Å²) in [5.74, 6) is 4.57. The molecule has 9 aromatic rings. The molecular formula is C53H34N4O3. The first kappa shape index (κ1) is 33.8. The molecule has 1 aromatic heterocycles. The minimum atomic E-state index is 0.757. The number of fused-ring (bicyclic) bond motifs is 6. The zero-order valence-corrected chi connectivity index (χ0v) is 32.1. The van der Waals surface area contributed by atoms with E-state index in [1.807, 2.05) is 97.2 Å². The van der Waals surface area contributed by atoms with Crippen molar-refractivity contribution in [2.45, 2.75) is 0 Å². The number of pyridine rings is 1. The van der Waals surface area contributed by atoms with E-state index < -0.39 is 0 Å². The Morgan fingerprint density at radius 2 is 0.617 bits per heavy atom. The molecule has 0 aliphatic carbocycles. The van der Waals surface area contributed by atoms with Crippen LogP contribution in [0.5, 0.6) is 34.5 Å². The van der Waals surface area contributed by atoms with E-state index >= 15 is 0 Å². The van der Waals surface area contributed by atoms with E-state index in [9.17, 15) is 0 Å². The summed E-state index contributed by atoms with van der Waals surface area (Å²) < 4.78 is 19.9. The number of hydrogen-bond acceptors (Lipinski definition) is 7. The second-order valence-corrected chi connectivity index (χ2v) is 14.8. The third-order valence-electron chi connectivity index (χ3n) is 11.3. The maximum atomic E-state index is 6.65. The SMILES string of the molecule is c1ccc(-c2ccc(-c3cc(N4c5ccccc5Oc5ccccc54)c(N4c5ccccc5Oc5ccccc54)c(N4c5ccccc5Oc5ccccc54)c3)cc2)nc1. The molecule has 0 radical (unpaired) electrons. The summed E-state index contributed by atoms with van der Waals surface area (Å²) in [6, 6.07) is 68.8. The second-order valence-electron chi connectivity index (χ2n) is 14.8. The van der Waals surface area contributed by atoms with Gasteiger partial charge in [-0.15, -0.1) is 0 Å². The van der Waals surface area contributed by atoms with Gasteiger partial charge in [-0.2, -0.15) is 0 Å². The molecular weight excluding hydrogens is 741 g/mol. The molecule has 8 aromatic carbocycles. The lowest BCUT2D eigenvalue weighted by atomic mass is 9.97. The molecule has 7 nitrogen and oxygen atoms in total. The van der Waals surface area contributed by atoms with Crippen LogP contribution < -0.4 is 28.9 Å². The van der Waals surface area contributed by atoms with Gasteiger partial charge in [-0.25, -0.2) is 0 Å². The first-order valence-corrected chi connectivity index (χ1v) is 19.9. The van der Waals surface area contributed by atoms with Crippen molar-refractivity contribution >= 4 is 51.2 Å². The van der Waals surface area contributed by atoms with E-state index in [0.29, 0.717) is 0 Å². The number of ether oxygens (including phenoxy) is 3. The molecule has 0 atom stereocenters. The third-order valence-corrected chi connectivity index (χ3v) is 11.3. The Balaban J connectivity index is 1.23. The molecule has 0 N–H and O–H groups in total. The number of para-hydroxylation sites is 12. The van der Waals surface area contributed by atoms with Crippen LogP contribution in [0, 0.1) is 0 Å². The first-order valence-electron chi connectivity index (χ1n) is 19.9. The van der Waals surface area contributed by atoms with E-state index in [4.69, 9.17) is 14.2 Å². The van der Waals surface area contributed by atoms with Gasteiger partial charge in [0.05, 0.1) is 56.9 Å². The molecule has 0 fully saturated rings. The average molecular weight is 775 g/mol. The van der Waals surface area contributed by atoms with Gasteiger partial charge in [0, 0.05) is 11.8 Å². The molecule has 0 spiro atoms. The Kier molecular flexibility index (Phi) is 7.71. The van der Waals surface area contributed by atoms with Crippen LogP contribution in [0.4, 0.5) is 51.2 Å². The van der Waals surface area contributed by atoms with Crippen LogP contribution in [0.15, 0.2) is 206 Å². The van der Waals surface area contributed by atoms with Crippen LogP contribution in [0.3, 0.4) is 0 Å². The lowest BCUT2D eigenvalue weighted by molar-refractivity contribution is 0.475. The predicted molar refractivity (Wildman–Crippen MR) is 239 cm³/mol. The van der Waals surface area contributed by atoms with Crippen molar-refractivity contribution in [3.8, 4) is 56.9 Å². The Labute approximate surface area is 347 Å². The molecule has 4 heterocycles. The molecule has 0 bridgehead atoms. The zero-order valence-electron chi connectivity index (χ0n) is 32.1. The normalized spacial score (nSPS) is 13.0. The van der Waals surface area contributed by atoms with E-state index in [1.54, 1.807) is 0 Å². The van der Waals surface area contributed by atoms with E-state index in [0.717, 1.165) is 108 Å². The molecule has 7 heteroatoms. The molecule has 0 saturated carbocycles. The maximum absolute atomic E-state index is 6.65. The van der Waals surface area contributed by atoms with Gasteiger partial charge in [-0.05, 0) is 108 Å². The fourth-order valence-electron chi connectivity index (χ4n) is 8.58. The molecule has 3 aliphatic rings. The fourth-order valence-corrected chi connectivity index (χ4v) is 8.58. The van der Waals surface area contributed by atoms with Gasteiger partial charge >= 0.3 is 0 Å². The standard InChI is InChI=1S/C53H34N4O3/c1-7-22-47-39(16-1)55(40-17-2-8-23-48(40)58-47)45-33-37(35-28-30-36(31-29-35)38-15-13-14-32-54-38)34-46(56-41-18-3-9-24-49(41)59-50-25-10-4-19-42(50)56)53(45)57-43-20-5-11-26-51(43)60-52-27-12-6-21-44(52)57/h1-34H. The van der Waals surface area contributed by atoms with E-state index in [-0.39, 0.29) is 0 Å². The molecule has 3 aliphatic heterocycles. The van der Waals surface area contributed by atoms with Crippen molar-refractivity contribution in [3.63, 3.8) is 0 Å². The second kappa shape index (κ2) is 13.7. The van der Waals surface area contributed by atoms with Crippen molar-refractivity contribution < 1.29 is 14.2 Å². The molecule has 0 unspecified atom stereocenters. The molecule has 12 rings (SSSR count). The summed E-state index contributed by atoms with van der Waals surface area (Å²) in [6.45, 7) is 0. The van der Waals surface area contributed by atoms with Gasteiger partial charge in [-0.1, -0.05) is 103 Å². The van der Waals surface area contributed by atoms with Gasteiger partial charge < -0.3 is 24.0 Å². The van der Waals surface area contributed by atoms with Gasteiger partial charge in [0.15, 0.2) is 34.5 Å². The predicted octanol–water partition coefficient (Wildman–Crippen LogP) is 15.1. The molecule has 0 saturated heterocycles. The van der Waals surface area contributed by atoms with Crippen LogP contribution in [-0.4, -0.2) is 4.98 Å². The van der Waals surface area contributed by atoms with Gasteiger partial charge in [0.2, 0.25) is 0 Å². The number of rotatable bonds is 5. The smallest absolute Gasteiger partial charge is 0.151 e. The van der Waals surface area contributed by atoms with Crippen molar-refractivity contribution in [1.82, 2.24) is 4.98 Å². The van der Waals surface area contributed by atoms with Crippen LogP contribution in [0.2, 0.25) is 0 Å². The number of anilines is 9. The number of benzene rings is 8.